The number of halogens is 3. The molecule has 5 rings (SSSR count). The molecule has 3 aromatic carbocycles. The van der Waals surface area contributed by atoms with Gasteiger partial charge in [-0.2, -0.15) is 4.39 Å². The Kier molecular flexibility index (Phi) is 9.69. The molecule has 0 saturated heterocycles. The van der Waals surface area contributed by atoms with Gasteiger partial charge in [-0.3, -0.25) is 0 Å². The minimum atomic E-state index is -0.989. The summed E-state index contributed by atoms with van der Waals surface area (Å²) in [5.41, 5.74) is 3.15. The van der Waals surface area contributed by atoms with Crippen molar-refractivity contribution < 1.29 is 17.9 Å². The molecule has 0 aromatic heterocycles. The van der Waals surface area contributed by atoms with E-state index < -0.39 is 11.6 Å². The lowest BCUT2D eigenvalue weighted by molar-refractivity contribution is 0.171. The highest BCUT2D eigenvalue weighted by Crippen LogP contribution is 2.44. The standard InChI is InChI=1S/C37H41F3O/c1-3-5-6-23-41-35-22-21-33(36(39)37(35)40)30-17-13-28(14-18-30)31-19-20-32(34(38)24-31)29-15-11-27(12-16-29)26-9-7-25(4-2)8-10-26/h3-4,13-14,17-22,24-27,29H,1-2,5-12,15-16,23H2. The van der Waals surface area contributed by atoms with E-state index >= 15 is 4.39 Å². The van der Waals surface area contributed by atoms with Crippen LogP contribution >= 0.6 is 0 Å². The summed E-state index contributed by atoms with van der Waals surface area (Å²) in [5.74, 6) is 0.405. The van der Waals surface area contributed by atoms with Gasteiger partial charge in [0, 0.05) is 5.56 Å². The summed E-state index contributed by atoms with van der Waals surface area (Å²) in [7, 11) is 0. The Balaban J connectivity index is 1.21. The van der Waals surface area contributed by atoms with Crippen molar-refractivity contribution >= 4 is 0 Å². The molecule has 41 heavy (non-hydrogen) atoms. The molecule has 2 aliphatic rings. The molecule has 216 valence electrons. The monoisotopic (exact) mass is 558 g/mol. The SMILES string of the molecule is C=CCCCOc1ccc(-c2ccc(-c3ccc(C4CCC(C5CCC(C=C)CC5)CC4)c(F)c3)cc2)c(F)c1F. The van der Waals surface area contributed by atoms with Gasteiger partial charge in [-0.05, 0) is 128 Å². The second-order valence-corrected chi connectivity index (χ2v) is 11.9. The molecule has 0 heterocycles. The van der Waals surface area contributed by atoms with Crippen LogP contribution in [0.2, 0.25) is 0 Å². The van der Waals surface area contributed by atoms with Crippen molar-refractivity contribution in [1.82, 2.24) is 0 Å². The maximum absolute atomic E-state index is 15.3. The highest BCUT2D eigenvalue weighted by atomic mass is 19.2. The molecule has 2 fully saturated rings. The highest BCUT2D eigenvalue weighted by Gasteiger charge is 2.31. The zero-order valence-corrected chi connectivity index (χ0v) is 23.9. The van der Waals surface area contributed by atoms with Crippen LogP contribution in [0.1, 0.15) is 75.7 Å². The van der Waals surface area contributed by atoms with E-state index in [1.165, 1.54) is 50.7 Å². The zero-order valence-electron chi connectivity index (χ0n) is 23.9. The van der Waals surface area contributed by atoms with Crippen LogP contribution in [0.15, 0.2) is 79.9 Å². The maximum Gasteiger partial charge on any atom is 0.201 e. The molecule has 0 aliphatic heterocycles. The number of allylic oxidation sites excluding steroid dienone is 2. The Morgan fingerprint density at radius 3 is 1.98 bits per heavy atom. The van der Waals surface area contributed by atoms with E-state index in [9.17, 15) is 8.78 Å². The topological polar surface area (TPSA) is 9.23 Å². The molecule has 4 heteroatoms. The third-order valence-electron chi connectivity index (χ3n) is 9.41. The van der Waals surface area contributed by atoms with Crippen molar-refractivity contribution in [3.8, 4) is 28.0 Å². The third-order valence-corrected chi connectivity index (χ3v) is 9.41. The lowest BCUT2D eigenvalue weighted by Gasteiger charge is -2.37. The van der Waals surface area contributed by atoms with Crippen LogP contribution in [0.3, 0.4) is 0 Å². The highest BCUT2D eigenvalue weighted by molar-refractivity contribution is 5.71. The predicted octanol–water partition coefficient (Wildman–Crippen LogP) is 11.0. The lowest BCUT2D eigenvalue weighted by Crippen LogP contribution is -2.25. The van der Waals surface area contributed by atoms with Crippen molar-refractivity contribution in [3.05, 3.63) is 103 Å². The van der Waals surface area contributed by atoms with Gasteiger partial charge in [0.05, 0.1) is 6.61 Å². The second-order valence-electron chi connectivity index (χ2n) is 11.9. The molecule has 0 atom stereocenters. The number of hydrogen-bond acceptors (Lipinski definition) is 1. The first kappa shape index (κ1) is 29.2. The van der Waals surface area contributed by atoms with Gasteiger partial charge >= 0.3 is 0 Å². The molecule has 2 aliphatic carbocycles. The number of rotatable bonds is 10. The summed E-state index contributed by atoms with van der Waals surface area (Å²) in [5, 5.41) is 0. The number of benzene rings is 3. The first-order chi connectivity index (χ1) is 20.0. The first-order valence-electron chi connectivity index (χ1n) is 15.2. The number of hydrogen-bond donors (Lipinski definition) is 0. The van der Waals surface area contributed by atoms with Gasteiger partial charge in [0.15, 0.2) is 11.6 Å². The van der Waals surface area contributed by atoms with Gasteiger partial charge in [0.1, 0.15) is 5.82 Å². The molecule has 2 saturated carbocycles. The van der Waals surface area contributed by atoms with Crippen molar-refractivity contribution in [1.29, 1.82) is 0 Å². The molecular formula is C37H41F3O. The fourth-order valence-electron chi connectivity index (χ4n) is 6.91. The predicted molar refractivity (Wildman–Crippen MR) is 162 cm³/mol. The molecule has 0 spiro atoms. The van der Waals surface area contributed by atoms with Gasteiger partial charge in [-0.1, -0.05) is 48.6 Å². The van der Waals surface area contributed by atoms with E-state index in [0.717, 1.165) is 47.8 Å². The van der Waals surface area contributed by atoms with Gasteiger partial charge in [0.2, 0.25) is 5.82 Å². The van der Waals surface area contributed by atoms with Crippen molar-refractivity contribution in [2.75, 3.05) is 6.61 Å². The van der Waals surface area contributed by atoms with Crippen LogP contribution in [0.25, 0.3) is 22.3 Å². The minimum absolute atomic E-state index is 0.0911. The van der Waals surface area contributed by atoms with Crippen molar-refractivity contribution in [3.63, 3.8) is 0 Å². The second kappa shape index (κ2) is 13.6. The summed E-state index contributed by atoms with van der Waals surface area (Å²) in [6.07, 6.45) is 15.0. The van der Waals surface area contributed by atoms with Gasteiger partial charge in [-0.15, -0.1) is 13.2 Å². The zero-order chi connectivity index (χ0) is 28.8. The molecule has 0 N–H and O–H groups in total. The third kappa shape index (κ3) is 6.80. The van der Waals surface area contributed by atoms with E-state index in [2.05, 4.69) is 19.2 Å². The van der Waals surface area contributed by atoms with Crippen molar-refractivity contribution in [2.24, 2.45) is 17.8 Å². The quantitative estimate of drug-likeness (QED) is 0.178. The first-order valence-corrected chi connectivity index (χ1v) is 15.2. The largest absolute Gasteiger partial charge is 0.490 e. The van der Waals surface area contributed by atoms with E-state index in [4.69, 9.17) is 4.74 Å². The Hall–Kier alpha value is -3.27. The maximum atomic E-state index is 15.3. The summed E-state index contributed by atoms with van der Waals surface area (Å²) >= 11 is 0. The van der Waals surface area contributed by atoms with Gasteiger partial charge < -0.3 is 4.74 Å². The van der Waals surface area contributed by atoms with Crippen LogP contribution in [0.5, 0.6) is 5.75 Å². The number of ether oxygens (including phenoxy) is 1. The normalized spacial score (nSPS) is 22.7. The van der Waals surface area contributed by atoms with Crippen LogP contribution in [0, 0.1) is 35.2 Å². The van der Waals surface area contributed by atoms with E-state index in [-0.39, 0.29) is 23.0 Å². The molecule has 3 aromatic rings. The smallest absolute Gasteiger partial charge is 0.201 e. The van der Waals surface area contributed by atoms with Crippen LogP contribution < -0.4 is 4.74 Å². The van der Waals surface area contributed by atoms with Crippen LogP contribution in [-0.2, 0) is 0 Å². The average molecular weight is 559 g/mol. The fraction of sp³-hybridized carbons (Fsp3) is 0.405. The van der Waals surface area contributed by atoms with E-state index in [1.54, 1.807) is 24.3 Å². The lowest BCUT2D eigenvalue weighted by atomic mass is 9.68. The molecule has 0 bridgehead atoms. The molecule has 0 unspecified atom stereocenters. The summed E-state index contributed by atoms with van der Waals surface area (Å²) in [6.45, 7) is 7.91. The molecular weight excluding hydrogens is 517 g/mol. The molecule has 1 nitrogen and oxygen atoms in total. The Bertz CT molecular complexity index is 1330. The van der Waals surface area contributed by atoms with E-state index in [1.807, 2.05) is 24.3 Å². The Morgan fingerprint density at radius 1 is 0.707 bits per heavy atom. The average Bonchev–Trinajstić information content (AvgIpc) is 3.01. The Morgan fingerprint density at radius 2 is 1.34 bits per heavy atom. The van der Waals surface area contributed by atoms with E-state index in [0.29, 0.717) is 24.5 Å². The van der Waals surface area contributed by atoms with Gasteiger partial charge in [-0.25, -0.2) is 8.78 Å². The van der Waals surface area contributed by atoms with Crippen LogP contribution in [-0.4, -0.2) is 6.61 Å². The minimum Gasteiger partial charge on any atom is -0.490 e. The Labute approximate surface area is 243 Å². The summed E-state index contributed by atoms with van der Waals surface area (Å²) < 4.78 is 50.2. The summed E-state index contributed by atoms with van der Waals surface area (Å²) in [4.78, 5) is 0. The van der Waals surface area contributed by atoms with Crippen LogP contribution in [0.4, 0.5) is 13.2 Å². The van der Waals surface area contributed by atoms with Crippen molar-refractivity contribution in [2.45, 2.75) is 70.1 Å². The number of unbranched alkanes of at least 4 members (excludes halogenated alkanes) is 1. The summed E-state index contributed by atoms with van der Waals surface area (Å²) in [6, 6.07) is 15.7. The molecule has 0 radical (unpaired) electrons. The molecule has 0 amide bonds. The van der Waals surface area contributed by atoms with Gasteiger partial charge in [0.25, 0.3) is 0 Å². The fourth-order valence-corrected chi connectivity index (χ4v) is 6.91.